The van der Waals surface area contributed by atoms with Crippen molar-refractivity contribution in [1.82, 2.24) is 0 Å². The van der Waals surface area contributed by atoms with Crippen molar-refractivity contribution in [2.45, 2.75) is 52.7 Å². The van der Waals surface area contributed by atoms with E-state index in [2.05, 4.69) is 64.2 Å². The van der Waals surface area contributed by atoms with Gasteiger partial charge < -0.3 is 14.3 Å². The summed E-state index contributed by atoms with van der Waals surface area (Å²) in [7, 11) is -0.932. The van der Waals surface area contributed by atoms with Crippen LogP contribution < -0.4 is 4.74 Å². The fourth-order valence-electron chi connectivity index (χ4n) is 3.43. The zero-order chi connectivity index (χ0) is 21.0. The molecule has 0 aromatic heterocycles. The Morgan fingerprint density at radius 2 is 1.62 bits per heavy atom. The minimum Gasteiger partial charge on any atom is -0.489 e. The van der Waals surface area contributed by atoms with Crippen LogP contribution in [-0.2, 0) is 11.0 Å². The fraction of sp³-hybridized carbons (Fsp3) is 0.360. The van der Waals surface area contributed by atoms with Crippen molar-refractivity contribution in [3.05, 3.63) is 77.9 Å². The van der Waals surface area contributed by atoms with E-state index < -0.39 is 15.1 Å². The molecule has 3 rings (SSSR count). The maximum Gasteiger partial charge on any atom is 0.205 e. The SMILES string of the molecule is C[Si](C)OC(C(O)c1cccc(OCc2ccc3ccccc3c2)c1)C(C)(C)C. The van der Waals surface area contributed by atoms with E-state index in [9.17, 15) is 5.11 Å². The fourth-order valence-corrected chi connectivity index (χ4v) is 4.42. The van der Waals surface area contributed by atoms with Crippen LogP contribution in [0, 0.1) is 5.41 Å². The molecule has 153 valence electrons. The van der Waals surface area contributed by atoms with Crippen LogP contribution in [0.4, 0.5) is 0 Å². The molecule has 0 heterocycles. The van der Waals surface area contributed by atoms with Gasteiger partial charge in [0.2, 0.25) is 9.04 Å². The smallest absolute Gasteiger partial charge is 0.205 e. The predicted molar refractivity (Wildman–Crippen MR) is 121 cm³/mol. The average Bonchev–Trinajstić information content (AvgIpc) is 2.69. The van der Waals surface area contributed by atoms with Crippen molar-refractivity contribution in [3.8, 4) is 5.75 Å². The molecule has 0 fully saturated rings. The minimum absolute atomic E-state index is 0.163. The topological polar surface area (TPSA) is 38.7 Å². The molecule has 3 aromatic rings. The molecule has 0 aliphatic rings. The lowest BCUT2D eigenvalue weighted by Crippen LogP contribution is -2.38. The monoisotopic (exact) mass is 407 g/mol. The van der Waals surface area contributed by atoms with Crippen LogP contribution in [0.15, 0.2) is 66.7 Å². The second-order valence-corrected chi connectivity index (χ2v) is 10.9. The highest BCUT2D eigenvalue weighted by Gasteiger charge is 2.33. The van der Waals surface area contributed by atoms with Gasteiger partial charge in [0.1, 0.15) is 18.5 Å². The van der Waals surface area contributed by atoms with Crippen molar-refractivity contribution in [1.29, 1.82) is 0 Å². The minimum atomic E-state index is -0.932. The Morgan fingerprint density at radius 1 is 0.897 bits per heavy atom. The second-order valence-electron chi connectivity index (χ2n) is 8.80. The van der Waals surface area contributed by atoms with Gasteiger partial charge in [-0.15, -0.1) is 0 Å². The Balaban J connectivity index is 1.74. The summed E-state index contributed by atoms with van der Waals surface area (Å²) in [5.74, 6) is 0.751. The average molecular weight is 408 g/mol. The van der Waals surface area contributed by atoms with E-state index in [-0.39, 0.29) is 11.5 Å². The van der Waals surface area contributed by atoms with Crippen LogP contribution in [0.2, 0.25) is 13.1 Å². The zero-order valence-corrected chi connectivity index (χ0v) is 19.0. The Hall–Kier alpha value is -2.14. The Kier molecular flexibility index (Phi) is 6.78. The van der Waals surface area contributed by atoms with Crippen molar-refractivity contribution in [2.24, 2.45) is 5.41 Å². The van der Waals surface area contributed by atoms with E-state index in [1.807, 2.05) is 36.4 Å². The Bertz CT molecular complexity index is 946. The van der Waals surface area contributed by atoms with E-state index in [1.165, 1.54) is 10.8 Å². The summed E-state index contributed by atoms with van der Waals surface area (Å²) in [4.78, 5) is 0. The predicted octanol–water partition coefficient (Wildman–Crippen LogP) is 6.13. The lowest BCUT2D eigenvalue weighted by atomic mass is 9.83. The van der Waals surface area contributed by atoms with Gasteiger partial charge in [-0.05, 0) is 58.6 Å². The molecule has 1 N–H and O–H groups in total. The number of ether oxygens (including phenoxy) is 1. The molecule has 3 aromatic carbocycles. The maximum absolute atomic E-state index is 11.0. The first kappa shape index (κ1) is 21.6. The molecule has 0 bridgehead atoms. The van der Waals surface area contributed by atoms with E-state index in [0.29, 0.717) is 6.61 Å². The van der Waals surface area contributed by atoms with Gasteiger partial charge in [0.05, 0.1) is 6.10 Å². The summed E-state index contributed by atoms with van der Waals surface area (Å²) >= 11 is 0. The van der Waals surface area contributed by atoms with Crippen LogP contribution in [0.25, 0.3) is 10.8 Å². The number of hydrogen-bond donors (Lipinski definition) is 1. The molecule has 3 nitrogen and oxygen atoms in total. The molecule has 0 spiro atoms. The summed E-state index contributed by atoms with van der Waals surface area (Å²) < 4.78 is 12.2. The number of fused-ring (bicyclic) bond motifs is 1. The van der Waals surface area contributed by atoms with E-state index in [4.69, 9.17) is 9.16 Å². The van der Waals surface area contributed by atoms with Crippen LogP contribution in [0.3, 0.4) is 0 Å². The van der Waals surface area contributed by atoms with Crippen molar-refractivity contribution in [2.75, 3.05) is 0 Å². The standard InChI is InChI=1S/C25H31O3Si/c1-25(2,3)24(28-29(4)5)23(26)21-11-8-12-22(16-21)27-17-18-13-14-19-9-6-7-10-20(19)15-18/h6-16,23-24,26H,17H2,1-5H3. The normalized spacial score (nSPS) is 14.2. The number of aliphatic hydroxyl groups excluding tert-OH is 1. The molecule has 4 heteroatoms. The lowest BCUT2D eigenvalue weighted by molar-refractivity contribution is -0.0300. The summed E-state index contributed by atoms with van der Waals surface area (Å²) in [5, 5.41) is 13.5. The van der Waals surface area contributed by atoms with Gasteiger partial charge in [0.15, 0.2) is 0 Å². The van der Waals surface area contributed by atoms with Crippen LogP contribution >= 0.6 is 0 Å². The first-order valence-electron chi connectivity index (χ1n) is 10.1. The van der Waals surface area contributed by atoms with Gasteiger partial charge in [0.25, 0.3) is 0 Å². The number of aliphatic hydroxyl groups is 1. The van der Waals surface area contributed by atoms with Crippen molar-refractivity contribution in [3.63, 3.8) is 0 Å². The maximum atomic E-state index is 11.0. The quantitative estimate of drug-likeness (QED) is 0.479. The van der Waals surface area contributed by atoms with Gasteiger partial charge in [0, 0.05) is 0 Å². The molecule has 2 unspecified atom stereocenters. The third-order valence-corrected chi connectivity index (χ3v) is 5.65. The largest absolute Gasteiger partial charge is 0.489 e. The Morgan fingerprint density at radius 3 is 2.31 bits per heavy atom. The Labute approximate surface area is 176 Å². The van der Waals surface area contributed by atoms with Crippen LogP contribution in [0.1, 0.15) is 38.0 Å². The third-order valence-electron chi connectivity index (χ3n) is 4.92. The molecule has 0 aliphatic carbocycles. The highest BCUT2D eigenvalue weighted by atomic mass is 28.3. The first-order valence-corrected chi connectivity index (χ1v) is 12.5. The highest BCUT2D eigenvalue weighted by molar-refractivity contribution is 6.48. The molecule has 0 aliphatic heterocycles. The molecular formula is C25H31O3Si. The summed E-state index contributed by atoms with van der Waals surface area (Å²) in [6, 6.07) is 22.4. The van der Waals surface area contributed by atoms with Crippen LogP contribution in [-0.4, -0.2) is 20.3 Å². The summed E-state index contributed by atoms with van der Waals surface area (Å²) in [6.07, 6.45) is -0.957. The number of benzene rings is 3. The molecule has 0 saturated heterocycles. The van der Waals surface area contributed by atoms with Gasteiger partial charge in [-0.1, -0.05) is 69.3 Å². The summed E-state index contributed by atoms with van der Waals surface area (Å²) in [6.45, 7) is 11.0. The van der Waals surface area contributed by atoms with Gasteiger partial charge in [-0.2, -0.15) is 0 Å². The molecule has 2 atom stereocenters. The molecule has 0 saturated carbocycles. The number of hydrogen-bond acceptors (Lipinski definition) is 3. The van der Waals surface area contributed by atoms with Crippen molar-refractivity contribution < 1.29 is 14.3 Å². The van der Waals surface area contributed by atoms with Gasteiger partial charge in [-0.25, -0.2) is 0 Å². The molecule has 29 heavy (non-hydrogen) atoms. The van der Waals surface area contributed by atoms with E-state index in [0.717, 1.165) is 16.9 Å². The molecule has 0 amide bonds. The van der Waals surface area contributed by atoms with E-state index in [1.54, 1.807) is 0 Å². The molecular weight excluding hydrogens is 376 g/mol. The van der Waals surface area contributed by atoms with Gasteiger partial charge >= 0.3 is 0 Å². The lowest BCUT2D eigenvalue weighted by Gasteiger charge is -2.36. The highest BCUT2D eigenvalue weighted by Crippen LogP contribution is 2.34. The second kappa shape index (κ2) is 9.12. The molecule has 1 radical (unpaired) electrons. The number of rotatable bonds is 7. The van der Waals surface area contributed by atoms with E-state index >= 15 is 0 Å². The van der Waals surface area contributed by atoms with Crippen LogP contribution in [0.5, 0.6) is 5.75 Å². The third kappa shape index (κ3) is 5.69. The summed E-state index contributed by atoms with van der Waals surface area (Å²) in [5.41, 5.74) is 1.78. The van der Waals surface area contributed by atoms with Crippen molar-refractivity contribution >= 4 is 19.8 Å². The zero-order valence-electron chi connectivity index (χ0n) is 18.0. The first-order chi connectivity index (χ1) is 13.7. The van der Waals surface area contributed by atoms with Gasteiger partial charge in [-0.3, -0.25) is 0 Å².